The lowest BCUT2D eigenvalue weighted by molar-refractivity contribution is -0.284. The monoisotopic (exact) mass is 537 g/mol. The Kier molecular flexibility index (Phi) is 5.57. The average molecular weight is 537 g/mol. The molecule has 1 aliphatic heterocycles. The van der Waals surface area contributed by atoms with Crippen LogP contribution in [-0.4, -0.2) is 62.7 Å². The molecule has 4 aromatic heterocycles. The summed E-state index contributed by atoms with van der Waals surface area (Å²) in [5.74, 6) is -5.82. The number of nitrogens with one attached hydrogen (secondary N) is 1. The van der Waals surface area contributed by atoms with Gasteiger partial charge < -0.3 is 11.1 Å². The van der Waals surface area contributed by atoms with Gasteiger partial charge in [-0.1, -0.05) is 5.21 Å². The fourth-order valence-corrected chi connectivity index (χ4v) is 4.20. The Labute approximate surface area is 210 Å². The van der Waals surface area contributed by atoms with E-state index < -0.39 is 36.3 Å². The number of carbonyl (C=O) groups is 1. The number of anilines is 2. The molecule has 1 amide bonds. The number of aryl methyl sites for hydroxylation is 3. The number of nitrogens with zero attached hydrogens (tertiary/aromatic N) is 9. The molecule has 5 rings (SSSR count). The van der Waals surface area contributed by atoms with Gasteiger partial charge in [-0.15, -0.1) is 5.10 Å². The van der Waals surface area contributed by atoms with E-state index in [-0.39, 0.29) is 40.2 Å². The van der Waals surface area contributed by atoms with Gasteiger partial charge in [0.1, 0.15) is 34.3 Å². The summed E-state index contributed by atoms with van der Waals surface area (Å²) >= 11 is 0. The van der Waals surface area contributed by atoms with Crippen LogP contribution in [0.15, 0.2) is 12.4 Å². The number of aromatic nitrogens is 9. The van der Waals surface area contributed by atoms with Crippen LogP contribution >= 0.6 is 0 Å². The smallest absolute Gasteiger partial charge is 0.383 e. The van der Waals surface area contributed by atoms with E-state index in [1.807, 2.05) is 6.92 Å². The molecular formula is C21H20F5N11O. The van der Waals surface area contributed by atoms with Crippen molar-refractivity contribution >= 4 is 28.6 Å². The summed E-state index contributed by atoms with van der Waals surface area (Å²) in [6.45, 7) is 3.97. The normalized spacial score (nSPS) is 17.7. The Morgan fingerprint density at radius 1 is 1.13 bits per heavy atom. The third kappa shape index (κ3) is 3.79. The average Bonchev–Trinajstić information content (AvgIpc) is 3.54. The Bertz CT molecular complexity index is 1580. The summed E-state index contributed by atoms with van der Waals surface area (Å²) in [7, 11) is 1.51. The number of nitrogen functional groups attached to an aromatic ring is 1. The van der Waals surface area contributed by atoms with E-state index in [1.165, 1.54) is 17.9 Å². The fraction of sp³-hybridized carbons (Fsp3) is 0.429. The number of hydrogen-bond acceptors (Lipinski definition) is 9. The van der Waals surface area contributed by atoms with Crippen molar-refractivity contribution < 1.29 is 26.7 Å². The maximum Gasteiger partial charge on any atom is 0.453 e. The molecule has 0 bridgehead atoms. The molecule has 0 radical (unpaired) electrons. The highest BCUT2D eigenvalue weighted by atomic mass is 19.4. The van der Waals surface area contributed by atoms with Gasteiger partial charge in [-0.25, -0.2) is 19.9 Å². The third-order valence-electron chi connectivity index (χ3n) is 6.43. The topological polar surface area (TPSA) is 155 Å². The molecule has 0 aromatic carbocycles. The molecule has 200 valence electrons. The number of halogens is 5. The van der Waals surface area contributed by atoms with E-state index in [0.29, 0.717) is 17.6 Å². The van der Waals surface area contributed by atoms with Crippen molar-refractivity contribution in [3.63, 3.8) is 0 Å². The first kappa shape index (κ1) is 25.3. The highest BCUT2D eigenvalue weighted by Crippen LogP contribution is 2.44. The number of nitrogens with two attached hydrogens (primary N) is 1. The van der Waals surface area contributed by atoms with Crippen LogP contribution in [0.25, 0.3) is 22.6 Å². The van der Waals surface area contributed by atoms with E-state index >= 15 is 0 Å². The van der Waals surface area contributed by atoms with Crippen LogP contribution in [0.4, 0.5) is 33.6 Å². The molecule has 0 saturated heterocycles. The lowest BCUT2D eigenvalue weighted by Gasteiger charge is -2.20. The first-order chi connectivity index (χ1) is 17.8. The van der Waals surface area contributed by atoms with Crippen LogP contribution < -0.4 is 11.1 Å². The van der Waals surface area contributed by atoms with Gasteiger partial charge in [0.2, 0.25) is 5.91 Å². The maximum absolute atomic E-state index is 13.6. The predicted octanol–water partition coefficient (Wildman–Crippen LogP) is 2.40. The molecule has 1 atom stereocenters. The number of alkyl halides is 5. The van der Waals surface area contributed by atoms with Gasteiger partial charge in [0.15, 0.2) is 11.5 Å². The minimum atomic E-state index is -5.71. The summed E-state index contributed by atoms with van der Waals surface area (Å²) in [5, 5.41) is 15.1. The van der Waals surface area contributed by atoms with E-state index in [2.05, 4.69) is 40.7 Å². The van der Waals surface area contributed by atoms with Crippen molar-refractivity contribution in [2.45, 2.75) is 50.7 Å². The Morgan fingerprint density at radius 2 is 1.87 bits per heavy atom. The van der Waals surface area contributed by atoms with Gasteiger partial charge in [-0.2, -0.15) is 27.1 Å². The largest absolute Gasteiger partial charge is 0.453 e. The highest BCUT2D eigenvalue weighted by Gasteiger charge is 2.56. The van der Waals surface area contributed by atoms with Crippen molar-refractivity contribution in [2.24, 2.45) is 7.05 Å². The van der Waals surface area contributed by atoms with E-state index in [4.69, 9.17) is 5.73 Å². The second-order valence-electron chi connectivity index (χ2n) is 8.89. The van der Waals surface area contributed by atoms with E-state index in [0.717, 1.165) is 0 Å². The first-order valence-corrected chi connectivity index (χ1v) is 11.3. The van der Waals surface area contributed by atoms with Crippen LogP contribution in [0.1, 0.15) is 37.4 Å². The van der Waals surface area contributed by atoms with Crippen LogP contribution in [0.2, 0.25) is 0 Å². The van der Waals surface area contributed by atoms with Gasteiger partial charge >= 0.3 is 12.1 Å². The van der Waals surface area contributed by atoms with Crippen molar-refractivity contribution in [3.8, 4) is 11.5 Å². The molecule has 17 heteroatoms. The quantitative estimate of drug-likeness (QED) is 0.353. The third-order valence-corrected chi connectivity index (χ3v) is 6.43. The second kappa shape index (κ2) is 8.35. The first-order valence-electron chi connectivity index (χ1n) is 11.3. The summed E-state index contributed by atoms with van der Waals surface area (Å²) in [5.41, 5.74) is 5.68. The Balaban J connectivity index is 1.60. The molecule has 0 saturated carbocycles. The molecule has 3 N–H and O–H groups in total. The Morgan fingerprint density at radius 3 is 2.53 bits per heavy atom. The van der Waals surface area contributed by atoms with Crippen molar-refractivity contribution in [1.82, 2.24) is 44.7 Å². The molecule has 0 aliphatic carbocycles. The van der Waals surface area contributed by atoms with Crippen molar-refractivity contribution in [3.05, 3.63) is 29.5 Å². The summed E-state index contributed by atoms with van der Waals surface area (Å²) in [4.78, 5) is 30.1. The van der Waals surface area contributed by atoms with Crippen LogP contribution in [0.5, 0.6) is 0 Å². The lowest BCUT2D eigenvalue weighted by atomic mass is 9.81. The number of fused-ring (bicyclic) bond motifs is 2. The molecule has 0 fully saturated rings. The van der Waals surface area contributed by atoms with Gasteiger partial charge in [0, 0.05) is 32.6 Å². The predicted molar refractivity (Wildman–Crippen MR) is 122 cm³/mol. The molecule has 1 unspecified atom stereocenters. The van der Waals surface area contributed by atoms with Crippen LogP contribution in [-0.2, 0) is 30.2 Å². The number of hydrogen-bond donors (Lipinski definition) is 2. The fourth-order valence-electron chi connectivity index (χ4n) is 4.20. The zero-order chi connectivity index (χ0) is 27.6. The van der Waals surface area contributed by atoms with Crippen LogP contribution in [0.3, 0.4) is 0 Å². The number of carbonyl (C=O) groups excluding carboxylic acids is 1. The van der Waals surface area contributed by atoms with Gasteiger partial charge in [0.25, 0.3) is 0 Å². The highest BCUT2D eigenvalue weighted by molar-refractivity contribution is 6.09. The molecule has 0 spiro atoms. The van der Waals surface area contributed by atoms with E-state index in [1.54, 1.807) is 17.8 Å². The number of amides is 1. The standard InChI is InChI=1S/C21H20F5N11O/c1-4-37-8-10(34-35-37)19(2)12-14(27)31-16(32-15(12)33-18(19)38)13-9-7-28-36(3)17(9)30-11(29-13)5-6-20(22,23)21(24,25)26/h7-8H,4-6H2,1-3H3,(H3,27,31,32,33,38). The van der Waals surface area contributed by atoms with Gasteiger partial charge in [-0.3, -0.25) is 14.2 Å². The molecule has 4 aromatic rings. The SMILES string of the molecule is CCn1cc(C2(C)C(=O)Nc3nc(-c4nc(CCC(F)(F)C(F)(F)F)nc5c4cnn5C)nc(N)c32)nn1. The van der Waals surface area contributed by atoms with Gasteiger partial charge in [0.05, 0.1) is 17.1 Å². The van der Waals surface area contributed by atoms with E-state index in [9.17, 15) is 26.7 Å². The van der Waals surface area contributed by atoms with Crippen LogP contribution in [0, 0.1) is 0 Å². The maximum atomic E-state index is 13.6. The van der Waals surface area contributed by atoms with Gasteiger partial charge in [-0.05, 0) is 13.8 Å². The minimum Gasteiger partial charge on any atom is -0.383 e. The summed E-state index contributed by atoms with van der Waals surface area (Å²) < 4.78 is 68.0. The summed E-state index contributed by atoms with van der Waals surface area (Å²) in [6.07, 6.45) is -5.08. The van der Waals surface area contributed by atoms with Crippen molar-refractivity contribution in [2.75, 3.05) is 11.1 Å². The molecule has 1 aliphatic rings. The molecule has 12 nitrogen and oxygen atoms in total. The van der Waals surface area contributed by atoms with Crippen molar-refractivity contribution in [1.29, 1.82) is 0 Å². The lowest BCUT2D eigenvalue weighted by Crippen LogP contribution is -2.36. The minimum absolute atomic E-state index is 0.00250. The molecule has 38 heavy (non-hydrogen) atoms. The number of rotatable bonds is 6. The summed E-state index contributed by atoms with van der Waals surface area (Å²) in [6, 6.07) is 0. The zero-order valence-electron chi connectivity index (χ0n) is 20.2. The second-order valence-corrected chi connectivity index (χ2v) is 8.89. The Hall–Kier alpha value is -4.31. The molecular weight excluding hydrogens is 517 g/mol. The molecule has 5 heterocycles. The zero-order valence-corrected chi connectivity index (χ0v) is 20.2.